The Kier molecular flexibility index (Phi) is 6.19. The van der Waals surface area contributed by atoms with E-state index in [0.717, 1.165) is 27.8 Å². The molecule has 2 N–H and O–H groups in total. The molecule has 1 aliphatic rings. The molecular weight excluding hydrogens is 402 g/mol. The van der Waals surface area contributed by atoms with Crippen LogP contribution < -0.4 is 5.73 Å². The molecule has 0 radical (unpaired) electrons. The Labute approximate surface area is 187 Å². The van der Waals surface area contributed by atoms with Gasteiger partial charge in [-0.25, -0.2) is 9.59 Å². The Morgan fingerprint density at radius 1 is 0.844 bits per heavy atom. The molecule has 1 aliphatic carbocycles. The van der Waals surface area contributed by atoms with E-state index in [1.807, 2.05) is 66.7 Å². The van der Waals surface area contributed by atoms with E-state index in [9.17, 15) is 9.59 Å². The molecule has 0 bridgehead atoms. The lowest BCUT2D eigenvalue weighted by Gasteiger charge is -2.25. The molecular formula is C27H25NO4. The average Bonchev–Trinajstić information content (AvgIpc) is 3.15. The van der Waals surface area contributed by atoms with Crippen LogP contribution in [0.1, 0.15) is 29.0 Å². The summed E-state index contributed by atoms with van der Waals surface area (Å²) in [5.74, 6) is -1.78. The van der Waals surface area contributed by atoms with Gasteiger partial charge in [0.1, 0.15) is 13.2 Å². The van der Waals surface area contributed by atoms with Gasteiger partial charge < -0.3 is 15.2 Å². The summed E-state index contributed by atoms with van der Waals surface area (Å²) in [6, 6.07) is 25.3. The minimum atomic E-state index is -1.95. The zero-order chi connectivity index (χ0) is 22.6. The van der Waals surface area contributed by atoms with E-state index in [1.165, 1.54) is 6.08 Å². The number of rotatable bonds is 8. The van der Waals surface area contributed by atoms with Crippen LogP contribution in [0.25, 0.3) is 11.1 Å². The number of hydrogen-bond donors (Lipinski definition) is 1. The quantitative estimate of drug-likeness (QED) is 0.328. The van der Waals surface area contributed by atoms with Crippen LogP contribution in [-0.2, 0) is 25.7 Å². The van der Waals surface area contributed by atoms with Crippen molar-refractivity contribution in [2.24, 2.45) is 5.73 Å². The second kappa shape index (κ2) is 9.20. The molecule has 1 atom stereocenters. The predicted octanol–water partition coefficient (Wildman–Crippen LogP) is 4.36. The first-order valence-corrected chi connectivity index (χ1v) is 10.5. The lowest BCUT2D eigenvalue weighted by Crippen LogP contribution is -2.56. The van der Waals surface area contributed by atoms with Crippen molar-refractivity contribution in [3.63, 3.8) is 0 Å². The summed E-state index contributed by atoms with van der Waals surface area (Å²) in [6.45, 7) is 3.73. The van der Waals surface area contributed by atoms with Crippen LogP contribution in [-0.4, -0.2) is 24.1 Å². The predicted molar refractivity (Wildman–Crippen MR) is 123 cm³/mol. The third-order valence-electron chi connectivity index (χ3n) is 5.75. The molecule has 0 saturated heterocycles. The summed E-state index contributed by atoms with van der Waals surface area (Å²) < 4.78 is 11.0. The van der Waals surface area contributed by atoms with Crippen LogP contribution in [0.2, 0.25) is 0 Å². The zero-order valence-electron chi connectivity index (χ0n) is 17.7. The summed E-state index contributed by atoms with van der Waals surface area (Å²) in [7, 11) is 0. The molecule has 0 aliphatic heterocycles. The molecule has 32 heavy (non-hydrogen) atoms. The molecule has 4 rings (SSSR count). The molecule has 0 amide bonds. The third kappa shape index (κ3) is 4.07. The van der Waals surface area contributed by atoms with E-state index in [2.05, 4.69) is 18.7 Å². The van der Waals surface area contributed by atoms with Crippen LogP contribution in [0.15, 0.2) is 91.5 Å². The summed E-state index contributed by atoms with van der Waals surface area (Å²) in [5.41, 5.74) is 9.47. The first-order chi connectivity index (χ1) is 15.5. The highest BCUT2D eigenvalue weighted by atomic mass is 16.6. The fourth-order valence-corrected chi connectivity index (χ4v) is 4.06. The molecule has 0 heterocycles. The van der Waals surface area contributed by atoms with Crippen molar-refractivity contribution < 1.29 is 19.1 Å². The van der Waals surface area contributed by atoms with E-state index in [4.69, 9.17) is 15.2 Å². The maximum atomic E-state index is 13.0. The molecule has 3 aromatic carbocycles. The highest BCUT2D eigenvalue weighted by molar-refractivity contribution is 6.05. The van der Waals surface area contributed by atoms with Gasteiger partial charge in [0.2, 0.25) is 5.54 Å². The number of carbonyl (C=O) groups is 2. The molecule has 5 heteroatoms. The number of nitrogens with two attached hydrogens (primary N) is 1. The van der Waals surface area contributed by atoms with Crippen molar-refractivity contribution >= 4 is 11.9 Å². The molecule has 0 aromatic heterocycles. The second-order valence-corrected chi connectivity index (χ2v) is 7.85. The van der Waals surface area contributed by atoms with Crippen molar-refractivity contribution in [2.75, 3.05) is 6.61 Å². The van der Waals surface area contributed by atoms with Gasteiger partial charge in [-0.2, -0.15) is 0 Å². The average molecular weight is 428 g/mol. The van der Waals surface area contributed by atoms with Crippen LogP contribution in [0.4, 0.5) is 0 Å². The molecule has 3 aromatic rings. The van der Waals surface area contributed by atoms with Crippen LogP contribution in [0.5, 0.6) is 0 Å². The van der Waals surface area contributed by atoms with Crippen molar-refractivity contribution in [2.45, 2.75) is 24.5 Å². The van der Waals surface area contributed by atoms with Gasteiger partial charge in [0, 0.05) is 12.3 Å². The van der Waals surface area contributed by atoms with E-state index in [-0.39, 0.29) is 25.6 Å². The van der Waals surface area contributed by atoms with Crippen molar-refractivity contribution in [3.05, 3.63) is 108 Å². The number of hydrogen-bond acceptors (Lipinski definition) is 5. The van der Waals surface area contributed by atoms with Gasteiger partial charge in [-0.05, 0) is 27.8 Å². The van der Waals surface area contributed by atoms with E-state index < -0.39 is 17.5 Å². The number of carbonyl (C=O) groups excluding carboxylic acids is 2. The SMILES string of the molecule is C=CC[C@@](N)(C(=O)OCc1ccccc1)C(=O)OCC1c2ccccc2-c2ccccc21. The van der Waals surface area contributed by atoms with Crippen molar-refractivity contribution in [1.82, 2.24) is 0 Å². The fourth-order valence-electron chi connectivity index (χ4n) is 4.06. The summed E-state index contributed by atoms with van der Waals surface area (Å²) in [6.07, 6.45) is 1.34. The molecule has 0 saturated carbocycles. The lowest BCUT2D eigenvalue weighted by atomic mass is 9.95. The summed E-state index contributed by atoms with van der Waals surface area (Å²) in [4.78, 5) is 25.8. The van der Waals surface area contributed by atoms with Gasteiger partial charge in [-0.15, -0.1) is 6.58 Å². The highest BCUT2D eigenvalue weighted by Gasteiger charge is 2.45. The summed E-state index contributed by atoms with van der Waals surface area (Å²) in [5, 5.41) is 0. The maximum absolute atomic E-state index is 13.0. The number of ether oxygens (including phenoxy) is 2. The van der Waals surface area contributed by atoms with Crippen molar-refractivity contribution in [1.29, 1.82) is 0 Å². The highest BCUT2D eigenvalue weighted by Crippen LogP contribution is 2.44. The Hall–Kier alpha value is -3.70. The van der Waals surface area contributed by atoms with E-state index in [0.29, 0.717) is 0 Å². The Bertz CT molecular complexity index is 1100. The maximum Gasteiger partial charge on any atom is 0.338 e. The first kappa shape index (κ1) is 21.5. The van der Waals surface area contributed by atoms with Gasteiger partial charge in [0.05, 0.1) is 0 Å². The number of fused-ring (bicyclic) bond motifs is 3. The minimum absolute atomic E-state index is 0.0203. The molecule has 5 nitrogen and oxygen atoms in total. The van der Waals surface area contributed by atoms with E-state index >= 15 is 0 Å². The summed E-state index contributed by atoms with van der Waals surface area (Å²) >= 11 is 0. The monoisotopic (exact) mass is 427 g/mol. The molecule has 0 spiro atoms. The van der Waals surface area contributed by atoms with Crippen LogP contribution >= 0.6 is 0 Å². The molecule has 162 valence electrons. The Morgan fingerprint density at radius 3 is 1.97 bits per heavy atom. The first-order valence-electron chi connectivity index (χ1n) is 10.5. The minimum Gasteiger partial charge on any atom is -0.463 e. The van der Waals surface area contributed by atoms with Crippen LogP contribution in [0, 0.1) is 0 Å². The molecule has 0 fully saturated rings. The van der Waals surface area contributed by atoms with Gasteiger partial charge in [-0.1, -0.05) is 84.9 Å². The number of esters is 2. The topological polar surface area (TPSA) is 78.6 Å². The normalized spacial score (nSPS) is 14.0. The standard InChI is InChI=1S/C27H25NO4/c1-2-16-27(28,25(29)31-17-19-10-4-3-5-11-19)26(30)32-18-24-22-14-8-6-12-20(22)21-13-7-9-15-23(21)24/h2-15,24H,1,16-18,28H2/t27-/m1/s1. The van der Waals surface area contributed by atoms with Crippen LogP contribution in [0.3, 0.4) is 0 Å². The Morgan fingerprint density at radius 2 is 1.38 bits per heavy atom. The largest absolute Gasteiger partial charge is 0.463 e. The van der Waals surface area contributed by atoms with Gasteiger partial charge in [0.25, 0.3) is 0 Å². The molecule has 0 unspecified atom stereocenters. The smallest absolute Gasteiger partial charge is 0.338 e. The zero-order valence-corrected chi connectivity index (χ0v) is 17.7. The van der Waals surface area contributed by atoms with Gasteiger partial charge in [-0.3, -0.25) is 0 Å². The third-order valence-corrected chi connectivity index (χ3v) is 5.75. The van der Waals surface area contributed by atoms with E-state index in [1.54, 1.807) is 0 Å². The van der Waals surface area contributed by atoms with Gasteiger partial charge >= 0.3 is 11.9 Å². The number of benzene rings is 3. The second-order valence-electron chi connectivity index (χ2n) is 7.85. The van der Waals surface area contributed by atoms with Gasteiger partial charge in [0.15, 0.2) is 0 Å². The fraction of sp³-hybridized carbons (Fsp3) is 0.185. The Balaban J connectivity index is 1.48. The lowest BCUT2D eigenvalue weighted by molar-refractivity contribution is -0.165. The van der Waals surface area contributed by atoms with Crippen molar-refractivity contribution in [3.8, 4) is 11.1 Å².